The van der Waals surface area contributed by atoms with Gasteiger partial charge in [-0.05, 0) is 85.6 Å². The van der Waals surface area contributed by atoms with Gasteiger partial charge in [0.25, 0.3) is 0 Å². The molecule has 0 amide bonds. The van der Waals surface area contributed by atoms with E-state index in [-0.39, 0.29) is 0 Å². The molecular weight excluding hydrogens is 617 g/mol. The Kier molecular flexibility index (Phi) is 6.75. The van der Waals surface area contributed by atoms with E-state index in [9.17, 15) is 0 Å². The van der Waals surface area contributed by atoms with Gasteiger partial charge in [-0.3, -0.25) is 0 Å². The van der Waals surface area contributed by atoms with Crippen molar-refractivity contribution in [2.24, 2.45) is 0 Å². The summed E-state index contributed by atoms with van der Waals surface area (Å²) in [6.07, 6.45) is 0. The van der Waals surface area contributed by atoms with Crippen LogP contribution >= 0.6 is 0 Å². The maximum absolute atomic E-state index is 5.21. The predicted molar refractivity (Wildman–Crippen MR) is 211 cm³/mol. The summed E-state index contributed by atoms with van der Waals surface area (Å²) in [6, 6.07) is 69.9. The molecule has 2 nitrogen and oxygen atoms in total. The van der Waals surface area contributed by atoms with Crippen LogP contribution in [-0.2, 0) is 5.41 Å². The summed E-state index contributed by atoms with van der Waals surface area (Å²) in [7, 11) is 0. The smallest absolute Gasteiger partial charge is 0.0973 e. The van der Waals surface area contributed by atoms with Crippen LogP contribution in [0.15, 0.2) is 194 Å². The highest BCUT2D eigenvalue weighted by molar-refractivity contribution is 6.03. The molecule has 0 spiro atoms. The van der Waals surface area contributed by atoms with Gasteiger partial charge >= 0.3 is 0 Å². The van der Waals surface area contributed by atoms with Gasteiger partial charge < -0.3 is 0 Å². The molecule has 2 heteroatoms. The number of nitrogens with zero attached hydrogens (tertiary/aromatic N) is 2. The lowest BCUT2D eigenvalue weighted by atomic mass is 9.67. The van der Waals surface area contributed by atoms with Crippen molar-refractivity contribution in [2.75, 3.05) is 0 Å². The molecule has 9 aromatic rings. The van der Waals surface area contributed by atoms with Crippen LogP contribution in [-0.4, -0.2) is 9.97 Å². The fraction of sp³-hybridized carbons (Fsp3) is 0.0204. The van der Waals surface area contributed by atoms with E-state index < -0.39 is 5.41 Å². The Morgan fingerprint density at radius 3 is 1.57 bits per heavy atom. The minimum atomic E-state index is -0.455. The predicted octanol–water partition coefficient (Wildman–Crippen LogP) is 12.1. The van der Waals surface area contributed by atoms with Crippen molar-refractivity contribution in [2.45, 2.75) is 5.41 Å². The van der Waals surface area contributed by atoms with E-state index in [0.29, 0.717) is 0 Å². The SMILES string of the molecule is c1ccc(-c2nc3ccccc3nc2-c2cccc(-c3cccc4cc5c(cc34)C(c3ccccc3)(c3ccccc3)c3ccccc3-5)c2)cc1. The van der Waals surface area contributed by atoms with Crippen molar-refractivity contribution in [3.8, 4) is 44.8 Å². The second kappa shape index (κ2) is 11.8. The lowest BCUT2D eigenvalue weighted by molar-refractivity contribution is 0.769. The third-order valence-electron chi connectivity index (χ3n) is 10.5. The van der Waals surface area contributed by atoms with Crippen LogP contribution in [0.1, 0.15) is 22.3 Å². The molecule has 0 fully saturated rings. The second-order valence-corrected chi connectivity index (χ2v) is 13.3. The highest BCUT2D eigenvalue weighted by atomic mass is 14.8. The molecule has 1 aromatic heterocycles. The normalized spacial score (nSPS) is 12.9. The van der Waals surface area contributed by atoms with Crippen LogP contribution < -0.4 is 0 Å². The molecular formula is C49H32N2. The van der Waals surface area contributed by atoms with Crippen LogP contribution in [0.2, 0.25) is 0 Å². The van der Waals surface area contributed by atoms with E-state index in [1.54, 1.807) is 0 Å². The van der Waals surface area contributed by atoms with Gasteiger partial charge in [-0.2, -0.15) is 0 Å². The third-order valence-corrected chi connectivity index (χ3v) is 10.5. The Balaban J connectivity index is 1.21. The van der Waals surface area contributed by atoms with Gasteiger partial charge in [0.15, 0.2) is 0 Å². The summed E-state index contributed by atoms with van der Waals surface area (Å²) in [6.45, 7) is 0. The number of rotatable bonds is 5. The van der Waals surface area contributed by atoms with E-state index in [4.69, 9.17) is 9.97 Å². The number of hydrogen-bond acceptors (Lipinski definition) is 2. The Hall–Kier alpha value is -6.64. The van der Waals surface area contributed by atoms with Crippen molar-refractivity contribution in [1.29, 1.82) is 0 Å². The van der Waals surface area contributed by atoms with E-state index >= 15 is 0 Å². The topological polar surface area (TPSA) is 25.8 Å². The molecule has 10 rings (SSSR count). The van der Waals surface area contributed by atoms with Crippen molar-refractivity contribution in [1.82, 2.24) is 9.97 Å². The monoisotopic (exact) mass is 648 g/mol. The molecule has 0 atom stereocenters. The quantitative estimate of drug-likeness (QED) is 0.186. The fourth-order valence-corrected chi connectivity index (χ4v) is 8.30. The highest BCUT2D eigenvalue weighted by Crippen LogP contribution is 2.57. The summed E-state index contributed by atoms with van der Waals surface area (Å²) in [5.41, 5.74) is 15.3. The molecule has 238 valence electrons. The molecule has 0 radical (unpaired) electrons. The maximum atomic E-state index is 5.21. The standard InChI is InChI=1S/C49H32N2/c1-4-16-33(17-5-1)47-48(51-46-29-13-12-28-45(46)50-47)36-20-14-18-34(30-36)39-26-15-19-35-31-42-40-25-10-11-27-43(40)49(44(42)32-41(35)39,37-21-6-2-7-22-37)38-23-8-3-9-24-38/h1-32H. The molecule has 0 bridgehead atoms. The van der Waals surface area contributed by atoms with E-state index in [1.165, 1.54) is 49.7 Å². The molecule has 0 unspecified atom stereocenters. The molecule has 1 aliphatic rings. The zero-order valence-electron chi connectivity index (χ0n) is 27.9. The lowest BCUT2D eigenvalue weighted by Crippen LogP contribution is -2.28. The van der Waals surface area contributed by atoms with Crippen LogP contribution in [0.25, 0.3) is 66.6 Å². The summed E-state index contributed by atoms with van der Waals surface area (Å²) in [5.74, 6) is 0. The van der Waals surface area contributed by atoms with Gasteiger partial charge in [0, 0.05) is 11.1 Å². The zero-order valence-corrected chi connectivity index (χ0v) is 27.9. The zero-order chi connectivity index (χ0) is 33.8. The van der Waals surface area contributed by atoms with Crippen LogP contribution in [0.4, 0.5) is 0 Å². The van der Waals surface area contributed by atoms with Gasteiger partial charge in [0.2, 0.25) is 0 Å². The minimum Gasteiger partial charge on any atom is -0.244 e. The average Bonchev–Trinajstić information content (AvgIpc) is 3.50. The molecule has 8 aromatic carbocycles. The van der Waals surface area contributed by atoms with Crippen LogP contribution in [0.3, 0.4) is 0 Å². The first-order valence-electron chi connectivity index (χ1n) is 17.5. The molecule has 1 aliphatic carbocycles. The van der Waals surface area contributed by atoms with Crippen molar-refractivity contribution < 1.29 is 0 Å². The molecule has 0 aliphatic heterocycles. The van der Waals surface area contributed by atoms with Crippen molar-refractivity contribution in [3.05, 3.63) is 216 Å². The van der Waals surface area contributed by atoms with Gasteiger partial charge in [-0.25, -0.2) is 9.97 Å². The van der Waals surface area contributed by atoms with Crippen LogP contribution in [0.5, 0.6) is 0 Å². The number of aromatic nitrogens is 2. The van der Waals surface area contributed by atoms with Crippen LogP contribution in [0, 0.1) is 0 Å². The minimum absolute atomic E-state index is 0.455. The molecule has 0 saturated carbocycles. The maximum Gasteiger partial charge on any atom is 0.0973 e. The van der Waals surface area contributed by atoms with Gasteiger partial charge in [-0.15, -0.1) is 0 Å². The summed E-state index contributed by atoms with van der Waals surface area (Å²) >= 11 is 0. The van der Waals surface area contributed by atoms with E-state index in [0.717, 1.165) is 39.1 Å². The van der Waals surface area contributed by atoms with Crippen molar-refractivity contribution in [3.63, 3.8) is 0 Å². The Morgan fingerprint density at radius 1 is 0.333 bits per heavy atom. The first-order valence-corrected chi connectivity index (χ1v) is 17.5. The largest absolute Gasteiger partial charge is 0.244 e. The summed E-state index contributed by atoms with van der Waals surface area (Å²) in [4.78, 5) is 10.4. The summed E-state index contributed by atoms with van der Waals surface area (Å²) < 4.78 is 0. The first-order chi connectivity index (χ1) is 25.3. The molecule has 0 saturated heterocycles. The Morgan fingerprint density at radius 2 is 0.863 bits per heavy atom. The molecule has 0 N–H and O–H groups in total. The number of hydrogen-bond donors (Lipinski definition) is 0. The second-order valence-electron chi connectivity index (χ2n) is 13.3. The lowest BCUT2D eigenvalue weighted by Gasteiger charge is -2.34. The van der Waals surface area contributed by atoms with Crippen molar-refractivity contribution >= 4 is 21.8 Å². The van der Waals surface area contributed by atoms with E-state index in [2.05, 4.69) is 164 Å². The molecule has 1 heterocycles. The summed E-state index contributed by atoms with van der Waals surface area (Å²) in [5, 5.41) is 2.45. The van der Waals surface area contributed by atoms with Gasteiger partial charge in [0.1, 0.15) is 0 Å². The number of benzene rings is 8. The fourth-order valence-electron chi connectivity index (χ4n) is 8.30. The molecule has 51 heavy (non-hydrogen) atoms. The highest BCUT2D eigenvalue weighted by Gasteiger charge is 2.46. The first kappa shape index (κ1) is 29.3. The van der Waals surface area contributed by atoms with E-state index in [1.807, 2.05) is 30.3 Å². The third kappa shape index (κ3) is 4.57. The number of para-hydroxylation sites is 2. The van der Waals surface area contributed by atoms with Gasteiger partial charge in [0.05, 0.1) is 27.8 Å². The Labute approximate surface area is 297 Å². The number of fused-ring (bicyclic) bond motifs is 5. The Bertz CT molecular complexity index is 2690. The van der Waals surface area contributed by atoms with Gasteiger partial charge in [-0.1, -0.05) is 164 Å². The average molecular weight is 649 g/mol.